The topological polar surface area (TPSA) is 21.7 Å². The molecule has 0 N–H and O–H groups in total. The molecule has 0 bridgehead atoms. The fraction of sp³-hybridized carbons (Fsp3) is 0.812. The number of anilines is 1. The summed E-state index contributed by atoms with van der Waals surface area (Å²) in [7, 11) is 0. The highest BCUT2D eigenvalue weighted by molar-refractivity contribution is 5.61. The van der Waals surface area contributed by atoms with Gasteiger partial charge in [0.2, 0.25) is 0 Å². The summed E-state index contributed by atoms with van der Waals surface area (Å²) in [5.74, 6) is 3.31. The summed E-state index contributed by atoms with van der Waals surface area (Å²) >= 11 is 0. The smallest absolute Gasteiger partial charge is 0.142 e. The molecule has 0 fully saturated rings. The first-order valence-electron chi connectivity index (χ1n) is 15.3. The number of hydrogen-bond acceptors (Lipinski definition) is 3. The summed E-state index contributed by atoms with van der Waals surface area (Å²) in [6, 6.07) is 6.58. The molecule has 1 aromatic carbocycles. The van der Waals surface area contributed by atoms with Crippen molar-refractivity contribution in [1.29, 1.82) is 0 Å². The maximum Gasteiger partial charge on any atom is 0.142 e. The fourth-order valence-electron chi connectivity index (χ4n) is 4.63. The Morgan fingerprint density at radius 1 is 0.629 bits per heavy atom. The van der Waals surface area contributed by atoms with E-state index in [0.717, 1.165) is 37.8 Å². The minimum Gasteiger partial charge on any atom is -0.493 e. The maximum atomic E-state index is 6.54. The second kappa shape index (κ2) is 20.8. The normalized spacial score (nSPS) is 13.0. The molecule has 0 aliphatic rings. The van der Waals surface area contributed by atoms with Gasteiger partial charge in [0.15, 0.2) is 0 Å². The van der Waals surface area contributed by atoms with Gasteiger partial charge < -0.3 is 14.4 Å². The third-order valence-electron chi connectivity index (χ3n) is 7.38. The highest BCUT2D eigenvalue weighted by Gasteiger charge is 2.17. The van der Waals surface area contributed by atoms with Gasteiger partial charge in [0.25, 0.3) is 0 Å². The molecule has 0 heterocycles. The molecular formula is C32H59NO2. The van der Waals surface area contributed by atoms with Gasteiger partial charge >= 0.3 is 0 Å². The molecule has 204 valence electrons. The van der Waals surface area contributed by atoms with Gasteiger partial charge in [0.1, 0.15) is 11.5 Å². The minimum absolute atomic E-state index is 0.635. The van der Waals surface area contributed by atoms with Crippen molar-refractivity contribution < 1.29 is 9.47 Å². The van der Waals surface area contributed by atoms with Crippen molar-refractivity contribution in [1.82, 2.24) is 0 Å². The molecular weight excluding hydrogens is 430 g/mol. The van der Waals surface area contributed by atoms with E-state index in [2.05, 4.69) is 64.6 Å². The fourth-order valence-corrected chi connectivity index (χ4v) is 4.63. The predicted molar refractivity (Wildman–Crippen MR) is 155 cm³/mol. The third kappa shape index (κ3) is 13.5. The molecule has 3 nitrogen and oxygen atoms in total. The Labute approximate surface area is 219 Å². The van der Waals surface area contributed by atoms with Gasteiger partial charge in [-0.25, -0.2) is 0 Å². The van der Waals surface area contributed by atoms with Gasteiger partial charge in [0, 0.05) is 19.2 Å². The van der Waals surface area contributed by atoms with Crippen LogP contribution in [0.2, 0.25) is 0 Å². The lowest BCUT2D eigenvalue weighted by atomic mass is 10.0. The Kier molecular flexibility index (Phi) is 18.8. The highest BCUT2D eigenvalue weighted by Crippen LogP contribution is 2.34. The van der Waals surface area contributed by atoms with E-state index >= 15 is 0 Å². The van der Waals surface area contributed by atoms with E-state index in [1.165, 1.54) is 95.6 Å². The van der Waals surface area contributed by atoms with Crippen molar-refractivity contribution in [2.75, 3.05) is 31.2 Å². The Balaban J connectivity index is 3.08. The van der Waals surface area contributed by atoms with Crippen molar-refractivity contribution in [3.8, 4) is 11.5 Å². The lowest BCUT2D eigenvalue weighted by Crippen LogP contribution is -2.27. The van der Waals surface area contributed by atoms with Crippen LogP contribution in [0.3, 0.4) is 0 Å². The highest BCUT2D eigenvalue weighted by atomic mass is 16.5. The zero-order chi connectivity index (χ0) is 25.7. The first-order valence-corrected chi connectivity index (χ1v) is 15.3. The molecule has 35 heavy (non-hydrogen) atoms. The van der Waals surface area contributed by atoms with E-state index < -0.39 is 0 Å². The molecule has 0 spiro atoms. The SMILES string of the molecule is CCCCCN(CCCCC)c1cc(OCC(CC)CCCC)ccc1OCC(CC)CCCC. The predicted octanol–water partition coefficient (Wildman–Crippen LogP) is 10.1. The maximum absolute atomic E-state index is 6.54. The van der Waals surface area contributed by atoms with Crippen LogP contribution in [-0.2, 0) is 0 Å². The van der Waals surface area contributed by atoms with Crippen LogP contribution in [0.5, 0.6) is 11.5 Å². The summed E-state index contributed by atoms with van der Waals surface area (Å²) in [6.45, 7) is 17.5. The zero-order valence-corrected chi connectivity index (χ0v) is 24.4. The molecule has 1 aromatic rings. The zero-order valence-electron chi connectivity index (χ0n) is 24.4. The standard InChI is InChI=1S/C32H59NO2/c1-7-13-17-23-33(24-18-14-8-2)31-25-30(34-26-28(11-5)19-15-9-3)21-22-32(31)35-27-29(12-6)20-16-10-4/h21-22,25,28-29H,7-20,23-24,26-27H2,1-6H3. The molecule has 2 atom stereocenters. The molecule has 3 heteroatoms. The molecule has 2 unspecified atom stereocenters. The van der Waals surface area contributed by atoms with E-state index in [4.69, 9.17) is 9.47 Å². The largest absolute Gasteiger partial charge is 0.493 e. The van der Waals surface area contributed by atoms with Crippen LogP contribution < -0.4 is 14.4 Å². The van der Waals surface area contributed by atoms with Gasteiger partial charge in [-0.3, -0.25) is 0 Å². The number of unbranched alkanes of at least 4 members (excludes halogenated alkanes) is 6. The van der Waals surface area contributed by atoms with Gasteiger partial charge in [-0.05, 0) is 49.7 Å². The minimum atomic E-state index is 0.635. The van der Waals surface area contributed by atoms with E-state index in [9.17, 15) is 0 Å². The lowest BCUT2D eigenvalue weighted by molar-refractivity contribution is 0.228. The molecule has 1 rings (SSSR count). The molecule has 0 radical (unpaired) electrons. The van der Waals surface area contributed by atoms with E-state index in [-0.39, 0.29) is 0 Å². The summed E-state index contributed by atoms with van der Waals surface area (Å²) < 4.78 is 12.9. The van der Waals surface area contributed by atoms with Gasteiger partial charge in [0.05, 0.1) is 18.9 Å². The quantitative estimate of drug-likeness (QED) is 0.143. The average Bonchev–Trinajstić information content (AvgIpc) is 2.88. The monoisotopic (exact) mass is 489 g/mol. The van der Waals surface area contributed by atoms with Crippen LogP contribution in [0.15, 0.2) is 18.2 Å². The first-order chi connectivity index (χ1) is 17.1. The number of ether oxygens (including phenoxy) is 2. The van der Waals surface area contributed by atoms with Crippen LogP contribution >= 0.6 is 0 Å². The molecule has 0 amide bonds. The first kappa shape index (κ1) is 31.6. The number of nitrogens with zero attached hydrogens (tertiary/aromatic N) is 1. The van der Waals surface area contributed by atoms with Crippen LogP contribution in [0, 0.1) is 11.8 Å². The Morgan fingerprint density at radius 3 is 1.63 bits per heavy atom. The third-order valence-corrected chi connectivity index (χ3v) is 7.38. The molecule has 0 aliphatic carbocycles. The number of rotatable bonds is 23. The van der Waals surface area contributed by atoms with E-state index in [1.54, 1.807) is 0 Å². The lowest BCUT2D eigenvalue weighted by Gasteiger charge is -2.28. The molecule has 0 aliphatic heterocycles. The van der Waals surface area contributed by atoms with Crippen molar-refractivity contribution in [2.24, 2.45) is 11.8 Å². The Bertz CT molecular complexity index is 608. The number of benzene rings is 1. The summed E-state index contributed by atoms with van der Waals surface area (Å²) in [5, 5.41) is 0. The number of hydrogen-bond donors (Lipinski definition) is 0. The molecule has 0 aromatic heterocycles. The summed E-state index contributed by atoms with van der Waals surface area (Å²) in [4.78, 5) is 2.58. The van der Waals surface area contributed by atoms with Crippen LogP contribution in [0.1, 0.15) is 131 Å². The summed E-state index contributed by atoms with van der Waals surface area (Å²) in [5.41, 5.74) is 1.24. The van der Waals surface area contributed by atoms with Crippen LogP contribution in [-0.4, -0.2) is 26.3 Å². The van der Waals surface area contributed by atoms with Crippen molar-refractivity contribution in [2.45, 2.75) is 131 Å². The van der Waals surface area contributed by atoms with Crippen molar-refractivity contribution in [3.63, 3.8) is 0 Å². The van der Waals surface area contributed by atoms with Crippen LogP contribution in [0.25, 0.3) is 0 Å². The Morgan fingerprint density at radius 2 is 1.14 bits per heavy atom. The average molecular weight is 490 g/mol. The second-order valence-corrected chi connectivity index (χ2v) is 10.5. The molecule has 0 saturated heterocycles. The van der Waals surface area contributed by atoms with E-state index in [0.29, 0.717) is 11.8 Å². The van der Waals surface area contributed by atoms with Crippen molar-refractivity contribution in [3.05, 3.63) is 18.2 Å². The van der Waals surface area contributed by atoms with E-state index in [1.807, 2.05) is 0 Å². The van der Waals surface area contributed by atoms with Gasteiger partial charge in [-0.1, -0.05) is 106 Å². The summed E-state index contributed by atoms with van der Waals surface area (Å²) in [6.07, 6.45) is 17.5. The Hall–Kier alpha value is -1.38. The molecule has 0 saturated carbocycles. The second-order valence-electron chi connectivity index (χ2n) is 10.5. The van der Waals surface area contributed by atoms with Gasteiger partial charge in [-0.15, -0.1) is 0 Å². The van der Waals surface area contributed by atoms with Crippen molar-refractivity contribution >= 4 is 5.69 Å². The van der Waals surface area contributed by atoms with Crippen LogP contribution in [0.4, 0.5) is 5.69 Å². The van der Waals surface area contributed by atoms with Gasteiger partial charge in [-0.2, -0.15) is 0 Å².